The third-order valence-electron chi connectivity index (χ3n) is 3.46. The molecule has 1 aliphatic heterocycles. The van der Waals surface area contributed by atoms with E-state index in [1.54, 1.807) is 0 Å². The van der Waals surface area contributed by atoms with Gasteiger partial charge in [-0.3, -0.25) is 0 Å². The zero-order valence-corrected chi connectivity index (χ0v) is 10.6. The second kappa shape index (κ2) is 4.88. The van der Waals surface area contributed by atoms with Crippen molar-refractivity contribution in [3.8, 4) is 0 Å². The van der Waals surface area contributed by atoms with Crippen LogP contribution in [0.1, 0.15) is 17.5 Å². The van der Waals surface area contributed by atoms with Gasteiger partial charge in [0, 0.05) is 19.3 Å². The lowest BCUT2D eigenvalue weighted by Crippen LogP contribution is -2.27. The van der Waals surface area contributed by atoms with Crippen LogP contribution in [0.4, 0.5) is 5.69 Å². The van der Waals surface area contributed by atoms with Crippen molar-refractivity contribution in [1.29, 1.82) is 0 Å². The highest BCUT2D eigenvalue weighted by atomic mass is 15.1. The minimum Gasteiger partial charge on any atom is -0.374 e. The zero-order valence-electron chi connectivity index (χ0n) is 10.6. The molecule has 1 N–H and O–H groups in total. The Morgan fingerprint density at radius 2 is 2.19 bits per heavy atom. The summed E-state index contributed by atoms with van der Waals surface area (Å²) in [5.74, 6) is 0.811. The van der Waals surface area contributed by atoms with Gasteiger partial charge in [-0.25, -0.2) is 0 Å². The summed E-state index contributed by atoms with van der Waals surface area (Å²) in [6.45, 7) is 7.88. The molecule has 0 radical (unpaired) electrons. The number of aryl methyl sites for hydroxylation is 2. The molecule has 1 aromatic carbocycles. The van der Waals surface area contributed by atoms with Gasteiger partial charge in [0.05, 0.1) is 0 Å². The van der Waals surface area contributed by atoms with E-state index in [0.29, 0.717) is 0 Å². The molecule has 1 fully saturated rings. The van der Waals surface area contributed by atoms with E-state index in [1.807, 2.05) is 0 Å². The fourth-order valence-electron chi connectivity index (χ4n) is 2.59. The number of benzene rings is 1. The number of rotatable bonds is 3. The summed E-state index contributed by atoms with van der Waals surface area (Å²) in [4.78, 5) is 2.40. The van der Waals surface area contributed by atoms with Crippen molar-refractivity contribution in [2.45, 2.75) is 20.3 Å². The van der Waals surface area contributed by atoms with Crippen molar-refractivity contribution in [1.82, 2.24) is 5.32 Å². The first-order valence-electron chi connectivity index (χ1n) is 6.16. The summed E-state index contributed by atoms with van der Waals surface area (Å²) in [5.41, 5.74) is 4.10. The molecule has 2 nitrogen and oxygen atoms in total. The summed E-state index contributed by atoms with van der Waals surface area (Å²) >= 11 is 0. The van der Waals surface area contributed by atoms with E-state index in [4.69, 9.17) is 0 Å². The van der Waals surface area contributed by atoms with E-state index in [1.165, 1.54) is 36.3 Å². The Balaban J connectivity index is 2.04. The largest absolute Gasteiger partial charge is 0.374 e. The van der Waals surface area contributed by atoms with Crippen LogP contribution < -0.4 is 10.2 Å². The molecule has 16 heavy (non-hydrogen) atoms. The summed E-state index contributed by atoms with van der Waals surface area (Å²) in [6, 6.07) is 6.71. The first-order chi connectivity index (χ1) is 7.66. The predicted octanol–water partition coefficient (Wildman–Crippen LogP) is 2.35. The Bertz CT molecular complexity index is 354. The number of nitrogens with zero attached hydrogens (tertiary/aromatic N) is 1. The van der Waals surface area contributed by atoms with Crippen LogP contribution in [0, 0.1) is 19.8 Å². The third kappa shape index (κ3) is 2.56. The van der Waals surface area contributed by atoms with Crippen LogP contribution in [0.15, 0.2) is 18.2 Å². The van der Waals surface area contributed by atoms with Crippen LogP contribution in [0.5, 0.6) is 0 Å². The Hall–Kier alpha value is -1.02. The topological polar surface area (TPSA) is 15.3 Å². The Labute approximate surface area is 98.7 Å². The molecular formula is C14H22N2. The van der Waals surface area contributed by atoms with E-state index in [2.05, 4.69) is 49.3 Å². The van der Waals surface area contributed by atoms with Crippen LogP contribution >= 0.6 is 0 Å². The molecule has 0 aromatic heterocycles. The maximum atomic E-state index is 3.43. The highest BCUT2D eigenvalue weighted by Crippen LogP contribution is 2.21. The van der Waals surface area contributed by atoms with Gasteiger partial charge in [-0.15, -0.1) is 0 Å². The second-order valence-corrected chi connectivity index (χ2v) is 5.03. The van der Waals surface area contributed by atoms with Gasteiger partial charge < -0.3 is 10.2 Å². The molecule has 1 aliphatic rings. The van der Waals surface area contributed by atoms with Crippen molar-refractivity contribution in [3.63, 3.8) is 0 Å². The lowest BCUT2D eigenvalue weighted by Gasteiger charge is -2.24. The first-order valence-corrected chi connectivity index (χ1v) is 6.16. The SMILES string of the molecule is Cc1ccc(N(C)CC2CCNC2)c(C)c1. The maximum Gasteiger partial charge on any atom is 0.0393 e. The number of nitrogens with one attached hydrogen (secondary N) is 1. The van der Waals surface area contributed by atoms with Crippen molar-refractivity contribution in [3.05, 3.63) is 29.3 Å². The molecule has 0 spiro atoms. The Morgan fingerprint density at radius 3 is 2.81 bits per heavy atom. The van der Waals surface area contributed by atoms with Crippen LogP contribution in [0.3, 0.4) is 0 Å². The van der Waals surface area contributed by atoms with Crippen molar-refractivity contribution in [2.24, 2.45) is 5.92 Å². The van der Waals surface area contributed by atoms with Crippen molar-refractivity contribution < 1.29 is 0 Å². The molecule has 2 heteroatoms. The Kier molecular flexibility index (Phi) is 3.49. The number of anilines is 1. The van der Waals surface area contributed by atoms with Crippen LogP contribution in [-0.4, -0.2) is 26.7 Å². The lowest BCUT2D eigenvalue weighted by molar-refractivity contribution is 0.578. The smallest absolute Gasteiger partial charge is 0.0393 e. The van der Waals surface area contributed by atoms with Gasteiger partial charge in [-0.1, -0.05) is 17.7 Å². The van der Waals surface area contributed by atoms with Crippen LogP contribution in [-0.2, 0) is 0 Å². The zero-order chi connectivity index (χ0) is 11.5. The van der Waals surface area contributed by atoms with Crippen molar-refractivity contribution >= 4 is 5.69 Å². The van der Waals surface area contributed by atoms with Crippen molar-refractivity contribution in [2.75, 3.05) is 31.6 Å². The van der Waals surface area contributed by atoms with Gasteiger partial charge in [-0.05, 0) is 50.9 Å². The fraction of sp³-hybridized carbons (Fsp3) is 0.571. The monoisotopic (exact) mass is 218 g/mol. The Morgan fingerprint density at radius 1 is 1.38 bits per heavy atom. The van der Waals surface area contributed by atoms with Crippen LogP contribution in [0.25, 0.3) is 0 Å². The molecule has 1 atom stereocenters. The normalized spacial score (nSPS) is 20.1. The molecule has 0 aliphatic carbocycles. The summed E-state index contributed by atoms with van der Waals surface area (Å²) in [7, 11) is 2.20. The van der Waals surface area contributed by atoms with Gasteiger partial charge in [-0.2, -0.15) is 0 Å². The molecular weight excluding hydrogens is 196 g/mol. The molecule has 1 unspecified atom stereocenters. The van der Waals surface area contributed by atoms with E-state index < -0.39 is 0 Å². The molecule has 1 saturated heterocycles. The minimum absolute atomic E-state index is 0.811. The number of hydrogen-bond acceptors (Lipinski definition) is 2. The molecule has 0 amide bonds. The quantitative estimate of drug-likeness (QED) is 0.838. The van der Waals surface area contributed by atoms with E-state index in [9.17, 15) is 0 Å². The fourth-order valence-corrected chi connectivity index (χ4v) is 2.59. The summed E-state index contributed by atoms with van der Waals surface area (Å²) in [5, 5.41) is 3.43. The lowest BCUT2D eigenvalue weighted by atomic mass is 10.1. The standard InChI is InChI=1S/C14H22N2/c1-11-4-5-14(12(2)8-11)16(3)10-13-6-7-15-9-13/h4-5,8,13,15H,6-7,9-10H2,1-3H3. The van der Waals surface area contributed by atoms with E-state index in [0.717, 1.165) is 12.5 Å². The molecule has 2 rings (SSSR count). The molecule has 0 saturated carbocycles. The average Bonchev–Trinajstić information content (AvgIpc) is 2.70. The third-order valence-corrected chi connectivity index (χ3v) is 3.46. The predicted molar refractivity (Wildman–Crippen MR) is 70.2 cm³/mol. The maximum absolute atomic E-state index is 3.43. The molecule has 0 bridgehead atoms. The van der Waals surface area contributed by atoms with E-state index in [-0.39, 0.29) is 0 Å². The van der Waals surface area contributed by atoms with Gasteiger partial charge in [0.2, 0.25) is 0 Å². The molecule has 1 aromatic rings. The van der Waals surface area contributed by atoms with Gasteiger partial charge >= 0.3 is 0 Å². The molecule has 1 heterocycles. The second-order valence-electron chi connectivity index (χ2n) is 5.03. The first kappa shape index (κ1) is 11.5. The summed E-state index contributed by atoms with van der Waals surface area (Å²) < 4.78 is 0. The highest BCUT2D eigenvalue weighted by molar-refractivity contribution is 5.53. The van der Waals surface area contributed by atoms with Gasteiger partial charge in [0.25, 0.3) is 0 Å². The highest BCUT2D eigenvalue weighted by Gasteiger charge is 2.17. The van der Waals surface area contributed by atoms with Crippen LogP contribution in [0.2, 0.25) is 0 Å². The summed E-state index contributed by atoms with van der Waals surface area (Å²) in [6.07, 6.45) is 1.31. The average molecular weight is 218 g/mol. The number of hydrogen-bond donors (Lipinski definition) is 1. The van der Waals surface area contributed by atoms with E-state index >= 15 is 0 Å². The minimum atomic E-state index is 0.811. The molecule has 88 valence electrons. The van der Waals surface area contributed by atoms with Gasteiger partial charge in [0.1, 0.15) is 0 Å². The van der Waals surface area contributed by atoms with Gasteiger partial charge in [0.15, 0.2) is 0 Å².